The van der Waals surface area contributed by atoms with Crippen molar-refractivity contribution in [2.45, 2.75) is 4.90 Å². The van der Waals surface area contributed by atoms with Gasteiger partial charge in [-0.1, -0.05) is 54.1 Å². The topological polar surface area (TPSA) is 102 Å². The van der Waals surface area contributed by atoms with Gasteiger partial charge in [-0.15, -0.1) is 0 Å². The smallest absolute Gasteiger partial charge is 0.356 e. The number of hydrogen-bond donors (Lipinski definition) is 1. The minimum absolute atomic E-state index is 0.0847. The van der Waals surface area contributed by atoms with Crippen LogP contribution >= 0.6 is 11.6 Å². The summed E-state index contributed by atoms with van der Waals surface area (Å²) in [6.45, 7) is -0.677. The van der Waals surface area contributed by atoms with Crippen molar-refractivity contribution in [3.8, 4) is 5.75 Å². The summed E-state index contributed by atoms with van der Waals surface area (Å²) >= 11 is 6.20. The molecule has 0 aliphatic carbocycles. The van der Waals surface area contributed by atoms with E-state index in [-0.39, 0.29) is 21.7 Å². The summed E-state index contributed by atoms with van der Waals surface area (Å²) < 4.78 is 38.3. The zero-order valence-corrected chi connectivity index (χ0v) is 20.4. The van der Waals surface area contributed by atoms with Crippen LogP contribution in [0.3, 0.4) is 0 Å². The number of esters is 1. The molecule has 3 aromatic rings. The summed E-state index contributed by atoms with van der Waals surface area (Å²) in [5, 5.41) is 2.94. The van der Waals surface area contributed by atoms with Crippen molar-refractivity contribution >= 4 is 44.8 Å². The fourth-order valence-corrected chi connectivity index (χ4v) is 5.63. The molecule has 0 saturated carbocycles. The van der Waals surface area contributed by atoms with E-state index in [0.29, 0.717) is 22.0 Å². The highest BCUT2D eigenvalue weighted by atomic mass is 35.5. The van der Waals surface area contributed by atoms with E-state index in [1.807, 2.05) is 0 Å². The van der Waals surface area contributed by atoms with Gasteiger partial charge in [0.05, 0.1) is 24.8 Å². The Morgan fingerprint density at radius 1 is 0.971 bits per heavy atom. The maximum absolute atomic E-state index is 13.7. The number of nitrogens with zero attached hydrogens (tertiary/aromatic N) is 1. The van der Waals surface area contributed by atoms with Crippen LogP contribution in [0, 0.1) is 0 Å². The van der Waals surface area contributed by atoms with E-state index in [4.69, 9.17) is 21.1 Å². The first kappa shape index (κ1) is 24.3. The van der Waals surface area contributed by atoms with Gasteiger partial charge >= 0.3 is 5.97 Å². The minimum Gasteiger partial charge on any atom is -0.495 e. The van der Waals surface area contributed by atoms with Crippen LogP contribution in [0.1, 0.15) is 11.1 Å². The minimum atomic E-state index is -4.32. The molecule has 1 N–H and O–H groups in total. The number of methoxy groups -OCH3 is 2. The van der Waals surface area contributed by atoms with E-state index in [9.17, 15) is 18.0 Å². The first-order chi connectivity index (χ1) is 16.8. The second-order valence-electron chi connectivity index (χ2n) is 7.48. The van der Waals surface area contributed by atoms with E-state index < -0.39 is 28.4 Å². The van der Waals surface area contributed by atoms with Crippen molar-refractivity contribution in [3.05, 3.63) is 94.6 Å². The third-order valence-electron chi connectivity index (χ3n) is 5.37. The number of rotatable bonds is 6. The molecule has 1 aliphatic heterocycles. The van der Waals surface area contributed by atoms with Gasteiger partial charge < -0.3 is 14.8 Å². The maximum Gasteiger partial charge on any atom is 0.356 e. The molecule has 0 spiro atoms. The molecule has 1 heterocycles. The number of carbonyl (C=O) groups excluding carboxylic acids is 2. The van der Waals surface area contributed by atoms with Gasteiger partial charge in [-0.25, -0.2) is 17.5 Å². The Labute approximate surface area is 207 Å². The quantitative estimate of drug-likeness (QED) is 0.502. The highest BCUT2D eigenvalue weighted by Crippen LogP contribution is 2.41. The number of hydrogen-bond acceptors (Lipinski definition) is 6. The molecule has 0 atom stereocenters. The Kier molecular flexibility index (Phi) is 6.81. The van der Waals surface area contributed by atoms with Gasteiger partial charge in [0.25, 0.3) is 10.0 Å². The first-order valence-electron chi connectivity index (χ1n) is 10.4. The fraction of sp³-hybridized carbons (Fsp3) is 0.120. The largest absolute Gasteiger partial charge is 0.495 e. The molecule has 0 fully saturated rings. The number of nitrogens with one attached hydrogen (secondary N) is 1. The molecule has 4 rings (SSSR count). The van der Waals surface area contributed by atoms with Gasteiger partial charge in [0.15, 0.2) is 0 Å². The predicted molar refractivity (Wildman–Crippen MR) is 131 cm³/mol. The Morgan fingerprint density at radius 2 is 1.66 bits per heavy atom. The molecule has 0 aromatic heterocycles. The summed E-state index contributed by atoms with van der Waals surface area (Å²) in [5.41, 5.74) is 1.15. The summed E-state index contributed by atoms with van der Waals surface area (Å²) in [6.07, 6.45) is 0. The maximum atomic E-state index is 13.7. The molecular formula is C25H21ClN2O6S. The standard InChI is InChI=1S/C25H21ClN2O6S/c1-33-20-11-7-6-10-19(20)27-22(29)15-28-24(25(30)34-2)23(16-8-4-3-5-9-16)18-14-17(26)12-13-21(18)35(28,31)32/h3-14H,15H2,1-2H3,(H,27,29). The lowest BCUT2D eigenvalue weighted by Gasteiger charge is -2.33. The number of ether oxygens (including phenoxy) is 2. The van der Waals surface area contributed by atoms with Gasteiger partial charge in [-0.2, -0.15) is 0 Å². The Hall–Kier alpha value is -3.82. The number of anilines is 1. The molecule has 0 unspecified atom stereocenters. The Bertz CT molecular complexity index is 1440. The van der Waals surface area contributed by atoms with Crippen LogP contribution in [0.5, 0.6) is 5.75 Å². The van der Waals surface area contributed by atoms with Gasteiger partial charge in [0.1, 0.15) is 18.0 Å². The molecule has 0 bridgehead atoms. The summed E-state index contributed by atoms with van der Waals surface area (Å²) in [4.78, 5) is 26.0. The normalized spacial score (nSPS) is 14.2. The highest BCUT2D eigenvalue weighted by molar-refractivity contribution is 7.89. The van der Waals surface area contributed by atoms with E-state index in [0.717, 1.165) is 11.4 Å². The van der Waals surface area contributed by atoms with Gasteiger partial charge in [-0.05, 0) is 35.9 Å². The number of sulfonamides is 1. The van der Waals surface area contributed by atoms with Crippen LogP contribution in [0.25, 0.3) is 5.57 Å². The lowest BCUT2D eigenvalue weighted by atomic mass is 9.95. The Balaban J connectivity index is 1.89. The molecule has 180 valence electrons. The zero-order chi connectivity index (χ0) is 25.2. The van der Waals surface area contributed by atoms with E-state index in [1.165, 1.54) is 25.3 Å². The summed E-state index contributed by atoms with van der Waals surface area (Å²) in [7, 11) is -1.73. The number of para-hydroxylation sites is 2. The van der Waals surface area contributed by atoms with E-state index in [2.05, 4.69) is 5.32 Å². The third-order valence-corrected chi connectivity index (χ3v) is 7.41. The van der Waals surface area contributed by atoms with Crippen molar-refractivity contribution < 1.29 is 27.5 Å². The monoisotopic (exact) mass is 512 g/mol. The molecule has 8 nitrogen and oxygen atoms in total. The van der Waals surface area contributed by atoms with Crippen molar-refractivity contribution in [2.24, 2.45) is 0 Å². The molecule has 0 radical (unpaired) electrons. The van der Waals surface area contributed by atoms with Crippen LogP contribution in [-0.4, -0.2) is 45.4 Å². The van der Waals surface area contributed by atoms with Gasteiger partial charge in [0, 0.05) is 16.2 Å². The van der Waals surface area contributed by atoms with Crippen molar-refractivity contribution in [3.63, 3.8) is 0 Å². The van der Waals surface area contributed by atoms with Crippen LogP contribution in [0.2, 0.25) is 5.02 Å². The zero-order valence-electron chi connectivity index (χ0n) is 18.8. The lowest BCUT2D eigenvalue weighted by Crippen LogP contribution is -2.43. The average molecular weight is 513 g/mol. The van der Waals surface area contributed by atoms with Crippen LogP contribution < -0.4 is 10.1 Å². The fourth-order valence-electron chi connectivity index (χ4n) is 3.84. The predicted octanol–water partition coefficient (Wildman–Crippen LogP) is 3.92. The second-order valence-corrected chi connectivity index (χ2v) is 9.75. The number of halogens is 1. The second kappa shape index (κ2) is 9.81. The number of amides is 1. The molecule has 1 amide bonds. The van der Waals surface area contributed by atoms with Gasteiger partial charge in [0.2, 0.25) is 5.91 Å². The molecule has 10 heteroatoms. The average Bonchev–Trinajstić information content (AvgIpc) is 2.85. The summed E-state index contributed by atoms with van der Waals surface area (Å²) in [5.74, 6) is -1.19. The van der Waals surface area contributed by atoms with Crippen molar-refractivity contribution in [2.75, 3.05) is 26.1 Å². The summed E-state index contributed by atoms with van der Waals surface area (Å²) in [6, 6.07) is 19.7. The molecule has 0 saturated heterocycles. The number of carbonyl (C=O) groups is 2. The van der Waals surface area contributed by atoms with E-state index >= 15 is 0 Å². The number of fused-ring (bicyclic) bond motifs is 1. The molecule has 35 heavy (non-hydrogen) atoms. The molecule has 1 aliphatic rings. The first-order valence-corrected chi connectivity index (χ1v) is 12.2. The molecule has 3 aromatic carbocycles. The number of benzene rings is 3. The lowest BCUT2D eigenvalue weighted by molar-refractivity contribution is -0.137. The van der Waals surface area contributed by atoms with Crippen LogP contribution in [0.4, 0.5) is 5.69 Å². The van der Waals surface area contributed by atoms with Crippen molar-refractivity contribution in [1.82, 2.24) is 4.31 Å². The molecular weight excluding hydrogens is 492 g/mol. The SMILES string of the molecule is COC(=O)C1=C(c2ccccc2)c2cc(Cl)ccc2S(=O)(=O)N1CC(=O)Nc1ccccc1OC. The highest BCUT2D eigenvalue weighted by Gasteiger charge is 2.42. The third kappa shape index (κ3) is 4.60. The van der Waals surface area contributed by atoms with E-state index in [1.54, 1.807) is 54.6 Å². The van der Waals surface area contributed by atoms with Gasteiger partial charge in [-0.3, -0.25) is 4.79 Å². The van der Waals surface area contributed by atoms with Crippen molar-refractivity contribution in [1.29, 1.82) is 0 Å². The van der Waals surface area contributed by atoms with Crippen LogP contribution in [0.15, 0.2) is 83.4 Å². The Morgan fingerprint density at radius 3 is 2.34 bits per heavy atom. The van der Waals surface area contributed by atoms with Crippen LogP contribution in [-0.2, 0) is 24.3 Å².